The molecule has 70 valence electrons. The van der Waals surface area contributed by atoms with Gasteiger partial charge in [0.15, 0.2) is 0 Å². The minimum absolute atomic E-state index is 0.643. The molecule has 0 spiro atoms. The molecule has 0 amide bonds. The van der Waals surface area contributed by atoms with Crippen LogP contribution in [0.25, 0.3) is 6.08 Å². The Labute approximate surface area is 91.7 Å². The van der Waals surface area contributed by atoms with Crippen molar-refractivity contribution in [3.63, 3.8) is 0 Å². The molecule has 0 saturated heterocycles. The van der Waals surface area contributed by atoms with Crippen LogP contribution in [0, 0.1) is 0 Å². The minimum Gasteiger partial charge on any atom is -0.398 e. The Balaban J connectivity index is 2.81. The molecule has 1 nitrogen and oxygen atoms in total. The van der Waals surface area contributed by atoms with Gasteiger partial charge in [-0.3, -0.25) is 0 Å². The van der Waals surface area contributed by atoms with Crippen molar-refractivity contribution in [3.8, 4) is 0 Å². The van der Waals surface area contributed by atoms with Crippen LogP contribution in [-0.2, 0) is 0 Å². The topological polar surface area (TPSA) is 26.0 Å². The highest BCUT2D eigenvalue weighted by atomic mass is 79.9. The van der Waals surface area contributed by atoms with Crippen LogP contribution < -0.4 is 5.73 Å². The average molecular weight is 261 g/mol. The molecule has 0 heterocycles. The van der Waals surface area contributed by atoms with E-state index in [9.17, 15) is 0 Å². The summed E-state index contributed by atoms with van der Waals surface area (Å²) in [7, 11) is 0. The fraction of sp³-hybridized carbons (Fsp3) is 0.200. The Morgan fingerprint density at radius 2 is 2.23 bits per heavy atom. The molecule has 0 aliphatic heterocycles. The molecule has 0 bridgehead atoms. The minimum atomic E-state index is 0.643. The van der Waals surface area contributed by atoms with Crippen molar-refractivity contribution in [2.45, 2.75) is 6.42 Å². The number of rotatable bonds is 3. The van der Waals surface area contributed by atoms with Crippen LogP contribution in [-0.4, -0.2) is 5.88 Å². The van der Waals surface area contributed by atoms with E-state index in [1.165, 1.54) is 0 Å². The fourth-order valence-corrected chi connectivity index (χ4v) is 1.47. The molecule has 0 fully saturated rings. The molecule has 1 aromatic rings. The lowest BCUT2D eigenvalue weighted by Gasteiger charge is -2.00. The van der Waals surface area contributed by atoms with Crippen LogP contribution in [0.5, 0.6) is 0 Å². The molecule has 1 rings (SSSR count). The number of benzene rings is 1. The SMILES string of the molecule is Nc1ccc(Br)cc1C=CCCCl. The van der Waals surface area contributed by atoms with Crippen LogP contribution in [0.15, 0.2) is 28.7 Å². The van der Waals surface area contributed by atoms with Gasteiger partial charge >= 0.3 is 0 Å². The van der Waals surface area contributed by atoms with Crippen molar-refractivity contribution < 1.29 is 0 Å². The number of halogens is 2. The van der Waals surface area contributed by atoms with E-state index in [2.05, 4.69) is 15.9 Å². The Morgan fingerprint density at radius 1 is 1.46 bits per heavy atom. The van der Waals surface area contributed by atoms with Crippen molar-refractivity contribution in [2.24, 2.45) is 0 Å². The molecule has 1 aromatic carbocycles. The van der Waals surface area contributed by atoms with E-state index in [0.717, 1.165) is 22.1 Å². The second-order valence-corrected chi connectivity index (χ2v) is 3.95. The Kier molecular flexibility index (Phi) is 4.33. The quantitative estimate of drug-likeness (QED) is 0.651. The molecule has 0 saturated carbocycles. The summed E-state index contributed by atoms with van der Waals surface area (Å²) in [5, 5.41) is 0. The lowest BCUT2D eigenvalue weighted by molar-refractivity contribution is 1.24. The summed E-state index contributed by atoms with van der Waals surface area (Å²) in [5.74, 6) is 0.643. The van der Waals surface area contributed by atoms with Crippen molar-refractivity contribution in [3.05, 3.63) is 34.3 Å². The molecular formula is C10H11BrClN. The summed E-state index contributed by atoms with van der Waals surface area (Å²) < 4.78 is 1.03. The highest BCUT2D eigenvalue weighted by Gasteiger charge is 1.94. The lowest BCUT2D eigenvalue weighted by atomic mass is 10.1. The molecule has 0 radical (unpaired) electrons. The molecule has 3 heteroatoms. The summed E-state index contributed by atoms with van der Waals surface area (Å²) >= 11 is 8.94. The first-order chi connectivity index (χ1) is 6.24. The monoisotopic (exact) mass is 259 g/mol. The lowest BCUT2D eigenvalue weighted by Crippen LogP contribution is -1.88. The van der Waals surface area contributed by atoms with E-state index < -0.39 is 0 Å². The first kappa shape index (κ1) is 10.6. The zero-order chi connectivity index (χ0) is 9.68. The van der Waals surface area contributed by atoms with Gasteiger partial charge in [0.1, 0.15) is 0 Å². The van der Waals surface area contributed by atoms with Crippen LogP contribution >= 0.6 is 27.5 Å². The summed E-state index contributed by atoms with van der Waals surface area (Å²) in [6.07, 6.45) is 4.88. The third-order valence-corrected chi connectivity index (χ3v) is 2.33. The summed E-state index contributed by atoms with van der Waals surface area (Å²) in [6, 6.07) is 5.79. The second-order valence-electron chi connectivity index (χ2n) is 2.65. The van der Waals surface area contributed by atoms with Crippen LogP contribution in [0.3, 0.4) is 0 Å². The number of anilines is 1. The van der Waals surface area contributed by atoms with Crippen molar-refractivity contribution >= 4 is 39.3 Å². The van der Waals surface area contributed by atoms with Gasteiger partial charge in [-0.1, -0.05) is 28.1 Å². The molecule has 0 atom stereocenters. The third-order valence-electron chi connectivity index (χ3n) is 1.62. The molecule has 0 aromatic heterocycles. The number of nitrogen functional groups attached to an aromatic ring is 1. The highest BCUT2D eigenvalue weighted by molar-refractivity contribution is 9.10. The van der Waals surface area contributed by atoms with Gasteiger partial charge in [0, 0.05) is 16.0 Å². The van der Waals surface area contributed by atoms with Crippen molar-refractivity contribution in [1.29, 1.82) is 0 Å². The Bertz CT molecular complexity index is 310. The predicted molar refractivity (Wildman–Crippen MR) is 62.9 cm³/mol. The fourth-order valence-electron chi connectivity index (χ4n) is 0.963. The maximum Gasteiger partial charge on any atom is 0.0388 e. The molecule has 0 unspecified atom stereocenters. The van der Waals surface area contributed by atoms with E-state index in [-0.39, 0.29) is 0 Å². The Morgan fingerprint density at radius 3 is 2.92 bits per heavy atom. The van der Waals surface area contributed by atoms with E-state index in [1.807, 2.05) is 30.4 Å². The average Bonchev–Trinajstić information content (AvgIpc) is 2.11. The number of hydrogen-bond donors (Lipinski definition) is 1. The maximum absolute atomic E-state index is 5.77. The van der Waals surface area contributed by atoms with Crippen LogP contribution in [0.1, 0.15) is 12.0 Å². The number of allylic oxidation sites excluding steroid dienone is 1. The molecule has 0 aliphatic carbocycles. The summed E-state index contributed by atoms with van der Waals surface area (Å²) in [5.41, 5.74) is 7.58. The first-order valence-electron chi connectivity index (χ1n) is 4.01. The van der Waals surface area contributed by atoms with Gasteiger partial charge in [-0.15, -0.1) is 11.6 Å². The van der Waals surface area contributed by atoms with Gasteiger partial charge in [0.2, 0.25) is 0 Å². The van der Waals surface area contributed by atoms with E-state index in [4.69, 9.17) is 17.3 Å². The smallest absolute Gasteiger partial charge is 0.0388 e. The van der Waals surface area contributed by atoms with Crippen molar-refractivity contribution in [2.75, 3.05) is 11.6 Å². The van der Waals surface area contributed by atoms with Gasteiger partial charge in [0.25, 0.3) is 0 Å². The van der Waals surface area contributed by atoms with E-state index >= 15 is 0 Å². The summed E-state index contributed by atoms with van der Waals surface area (Å²) in [4.78, 5) is 0. The molecule has 2 N–H and O–H groups in total. The van der Waals surface area contributed by atoms with Crippen LogP contribution in [0.4, 0.5) is 5.69 Å². The number of alkyl halides is 1. The van der Waals surface area contributed by atoms with Gasteiger partial charge in [-0.2, -0.15) is 0 Å². The van der Waals surface area contributed by atoms with E-state index in [1.54, 1.807) is 0 Å². The largest absolute Gasteiger partial charge is 0.398 e. The van der Waals surface area contributed by atoms with Gasteiger partial charge in [-0.25, -0.2) is 0 Å². The first-order valence-corrected chi connectivity index (χ1v) is 5.34. The normalized spacial score (nSPS) is 10.9. The zero-order valence-corrected chi connectivity index (χ0v) is 9.48. The highest BCUT2D eigenvalue weighted by Crippen LogP contribution is 2.19. The number of hydrogen-bond acceptors (Lipinski definition) is 1. The zero-order valence-electron chi connectivity index (χ0n) is 7.13. The number of nitrogens with two attached hydrogens (primary N) is 1. The molecule has 13 heavy (non-hydrogen) atoms. The molecule has 0 aliphatic rings. The second kappa shape index (κ2) is 5.30. The van der Waals surface area contributed by atoms with Crippen LogP contribution in [0.2, 0.25) is 0 Å². The van der Waals surface area contributed by atoms with E-state index in [0.29, 0.717) is 5.88 Å². The van der Waals surface area contributed by atoms with Gasteiger partial charge in [-0.05, 0) is 30.2 Å². The standard InChI is InChI=1S/C10H11BrClN/c11-9-4-5-10(13)8(7-9)3-1-2-6-12/h1,3-5,7H,2,6,13H2. The van der Waals surface area contributed by atoms with Gasteiger partial charge in [0.05, 0.1) is 0 Å². The maximum atomic E-state index is 5.77. The Hall–Kier alpha value is -0.470. The van der Waals surface area contributed by atoms with Gasteiger partial charge < -0.3 is 5.73 Å². The van der Waals surface area contributed by atoms with Crippen molar-refractivity contribution in [1.82, 2.24) is 0 Å². The predicted octanol–water partition coefficient (Wildman–Crippen LogP) is 3.67. The third kappa shape index (κ3) is 3.41. The molecular weight excluding hydrogens is 249 g/mol. The summed E-state index contributed by atoms with van der Waals surface area (Å²) in [6.45, 7) is 0.